The third-order valence-electron chi connectivity index (χ3n) is 1.84. The fraction of sp³-hybridized carbons (Fsp3) is 0.333. The largest absolute Gasteiger partial charge is 0.407 e. The van der Waals surface area contributed by atoms with Gasteiger partial charge in [-0.3, -0.25) is 0 Å². The second kappa shape index (κ2) is 3.79. The predicted molar refractivity (Wildman–Crippen MR) is 49.2 cm³/mol. The van der Waals surface area contributed by atoms with Crippen LogP contribution in [0.25, 0.3) is 0 Å². The summed E-state index contributed by atoms with van der Waals surface area (Å²) >= 11 is 5.65. The molecule has 1 rings (SSSR count). The van der Waals surface area contributed by atoms with Crippen LogP contribution < -0.4 is 5.73 Å². The Kier molecular flexibility index (Phi) is 3.07. The lowest BCUT2D eigenvalue weighted by molar-refractivity contribution is -0.149. The fourth-order valence-corrected chi connectivity index (χ4v) is 1.41. The molecular weight excluding hydrogens is 215 g/mol. The Morgan fingerprint density at radius 2 is 1.93 bits per heavy atom. The highest BCUT2D eigenvalue weighted by Crippen LogP contribution is 2.34. The molecule has 1 aromatic carbocycles. The molecule has 0 aliphatic rings. The van der Waals surface area contributed by atoms with Gasteiger partial charge in [-0.25, -0.2) is 0 Å². The van der Waals surface area contributed by atoms with E-state index in [9.17, 15) is 13.2 Å². The van der Waals surface area contributed by atoms with E-state index < -0.39 is 12.2 Å². The number of aryl methyl sites for hydroxylation is 1. The van der Waals surface area contributed by atoms with Crippen molar-refractivity contribution < 1.29 is 13.2 Å². The van der Waals surface area contributed by atoms with Crippen molar-refractivity contribution in [2.45, 2.75) is 19.1 Å². The van der Waals surface area contributed by atoms with Crippen LogP contribution >= 0.6 is 11.6 Å². The van der Waals surface area contributed by atoms with Gasteiger partial charge in [-0.2, -0.15) is 13.2 Å². The van der Waals surface area contributed by atoms with E-state index in [-0.39, 0.29) is 10.6 Å². The number of nitrogens with two attached hydrogens (primary N) is 1. The standard InChI is InChI=1S/C9H9ClF3N/c1-5-2-3-6(7(10)4-5)8(14)9(11,12)13/h2-4,8H,14H2,1H3. The van der Waals surface area contributed by atoms with Gasteiger partial charge in [0.1, 0.15) is 6.04 Å². The van der Waals surface area contributed by atoms with Crippen LogP contribution in [0.1, 0.15) is 17.2 Å². The first kappa shape index (κ1) is 11.3. The molecule has 78 valence electrons. The minimum atomic E-state index is -4.46. The maximum absolute atomic E-state index is 12.2. The van der Waals surface area contributed by atoms with Crippen molar-refractivity contribution in [3.63, 3.8) is 0 Å². The monoisotopic (exact) mass is 223 g/mol. The SMILES string of the molecule is Cc1ccc(C(N)C(F)(F)F)c(Cl)c1. The summed E-state index contributed by atoms with van der Waals surface area (Å²) in [5.74, 6) is 0. The molecule has 1 unspecified atom stereocenters. The van der Waals surface area contributed by atoms with Gasteiger partial charge >= 0.3 is 6.18 Å². The van der Waals surface area contributed by atoms with Crippen molar-refractivity contribution in [2.24, 2.45) is 5.73 Å². The lowest BCUT2D eigenvalue weighted by Gasteiger charge is -2.17. The molecular formula is C9H9ClF3N. The molecule has 5 heteroatoms. The van der Waals surface area contributed by atoms with Gasteiger partial charge in [0.05, 0.1) is 0 Å². The van der Waals surface area contributed by atoms with Gasteiger partial charge in [0, 0.05) is 5.02 Å². The van der Waals surface area contributed by atoms with E-state index in [1.54, 1.807) is 13.0 Å². The van der Waals surface area contributed by atoms with E-state index in [1.165, 1.54) is 12.1 Å². The molecule has 1 atom stereocenters. The molecule has 0 saturated carbocycles. The van der Waals surface area contributed by atoms with Crippen LogP contribution in [-0.4, -0.2) is 6.18 Å². The van der Waals surface area contributed by atoms with E-state index in [2.05, 4.69) is 0 Å². The number of alkyl halides is 3. The van der Waals surface area contributed by atoms with Crippen LogP contribution in [0.3, 0.4) is 0 Å². The highest BCUT2D eigenvalue weighted by molar-refractivity contribution is 6.31. The molecule has 0 bridgehead atoms. The number of benzene rings is 1. The minimum absolute atomic E-state index is 0.0508. The summed E-state index contributed by atoms with van der Waals surface area (Å²) in [7, 11) is 0. The number of hydrogen-bond donors (Lipinski definition) is 1. The average Bonchev–Trinajstić information content (AvgIpc) is 2.01. The second-order valence-corrected chi connectivity index (χ2v) is 3.45. The lowest BCUT2D eigenvalue weighted by atomic mass is 10.1. The van der Waals surface area contributed by atoms with Crippen molar-refractivity contribution in [3.8, 4) is 0 Å². The van der Waals surface area contributed by atoms with Gasteiger partial charge in [-0.1, -0.05) is 23.7 Å². The molecule has 0 radical (unpaired) electrons. The molecule has 0 saturated heterocycles. The van der Waals surface area contributed by atoms with E-state index >= 15 is 0 Å². The van der Waals surface area contributed by atoms with Gasteiger partial charge in [-0.05, 0) is 24.1 Å². The van der Waals surface area contributed by atoms with Crippen molar-refractivity contribution in [1.82, 2.24) is 0 Å². The maximum atomic E-state index is 12.2. The van der Waals surface area contributed by atoms with Crippen molar-refractivity contribution >= 4 is 11.6 Å². The molecule has 0 fully saturated rings. The highest BCUT2D eigenvalue weighted by atomic mass is 35.5. The molecule has 14 heavy (non-hydrogen) atoms. The van der Waals surface area contributed by atoms with Gasteiger partial charge in [0.25, 0.3) is 0 Å². The van der Waals surface area contributed by atoms with Gasteiger partial charge < -0.3 is 5.73 Å². The highest BCUT2D eigenvalue weighted by Gasteiger charge is 2.38. The summed E-state index contributed by atoms with van der Waals surface area (Å²) in [6, 6.07) is 2.29. The minimum Gasteiger partial charge on any atom is -0.316 e. The molecule has 0 amide bonds. The van der Waals surface area contributed by atoms with Crippen molar-refractivity contribution in [3.05, 3.63) is 34.3 Å². The summed E-state index contributed by atoms with van der Waals surface area (Å²) in [5, 5.41) is 0.0508. The topological polar surface area (TPSA) is 26.0 Å². The third-order valence-corrected chi connectivity index (χ3v) is 2.17. The van der Waals surface area contributed by atoms with Crippen LogP contribution in [-0.2, 0) is 0 Å². The second-order valence-electron chi connectivity index (χ2n) is 3.04. The summed E-state index contributed by atoms with van der Waals surface area (Å²) in [6.45, 7) is 1.74. The van der Waals surface area contributed by atoms with Crippen molar-refractivity contribution in [1.29, 1.82) is 0 Å². The van der Waals surface area contributed by atoms with Crippen LogP contribution in [0, 0.1) is 6.92 Å². The third kappa shape index (κ3) is 2.39. The van der Waals surface area contributed by atoms with Crippen LogP contribution in [0.5, 0.6) is 0 Å². The molecule has 2 N–H and O–H groups in total. The van der Waals surface area contributed by atoms with Gasteiger partial charge in [-0.15, -0.1) is 0 Å². The Labute approximate surface area is 84.7 Å². The van der Waals surface area contributed by atoms with E-state index in [4.69, 9.17) is 17.3 Å². The molecule has 0 heterocycles. The first-order valence-corrected chi connectivity index (χ1v) is 4.28. The van der Waals surface area contributed by atoms with E-state index in [1.807, 2.05) is 0 Å². The fourth-order valence-electron chi connectivity index (χ4n) is 1.06. The molecule has 0 spiro atoms. The van der Waals surface area contributed by atoms with Crippen LogP contribution in [0.4, 0.5) is 13.2 Å². The Bertz CT molecular complexity index is 335. The van der Waals surface area contributed by atoms with E-state index in [0.717, 1.165) is 5.56 Å². The zero-order valence-electron chi connectivity index (χ0n) is 7.40. The Balaban J connectivity index is 3.08. The number of hydrogen-bond acceptors (Lipinski definition) is 1. The molecule has 1 aromatic rings. The summed E-state index contributed by atoms with van der Waals surface area (Å²) in [4.78, 5) is 0. The van der Waals surface area contributed by atoms with Crippen molar-refractivity contribution in [2.75, 3.05) is 0 Å². The first-order chi connectivity index (χ1) is 6.32. The summed E-state index contributed by atoms with van der Waals surface area (Å²) in [5.41, 5.74) is 5.72. The molecule has 0 aliphatic heterocycles. The van der Waals surface area contributed by atoms with Gasteiger partial charge in [0.2, 0.25) is 0 Å². The van der Waals surface area contributed by atoms with Crippen LogP contribution in [0.2, 0.25) is 5.02 Å². The number of rotatable bonds is 1. The van der Waals surface area contributed by atoms with Crippen LogP contribution in [0.15, 0.2) is 18.2 Å². The summed E-state index contributed by atoms with van der Waals surface area (Å²) < 4.78 is 36.7. The molecule has 0 aliphatic carbocycles. The zero-order chi connectivity index (χ0) is 10.9. The smallest absolute Gasteiger partial charge is 0.316 e. The Morgan fingerprint density at radius 1 is 1.36 bits per heavy atom. The maximum Gasteiger partial charge on any atom is 0.407 e. The first-order valence-electron chi connectivity index (χ1n) is 3.90. The predicted octanol–water partition coefficient (Wildman–Crippen LogP) is 3.21. The normalized spacial score (nSPS) is 14.1. The lowest BCUT2D eigenvalue weighted by Crippen LogP contribution is -2.28. The average molecular weight is 224 g/mol. The Morgan fingerprint density at radius 3 is 2.36 bits per heavy atom. The molecule has 0 aromatic heterocycles. The van der Waals surface area contributed by atoms with Gasteiger partial charge in [0.15, 0.2) is 0 Å². The quantitative estimate of drug-likeness (QED) is 0.777. The number of halogens is 4. The summed E-state index contributed by atoms with van der Waals surface area (Å²) in [6.07, 6.45) is -4.46. The Hall–Kier alpha value is -0.740. The van der Waals surface area contributed by atoms with E-state index in [0.29, 0.717) is 0 Å². The molecule has 1 nitrogen and oxygen atoms in total. The zero-order valence-corrected chi connectivity index (χ0v) is 8.15.